The highest BCUT2D eigenvalue weighted by molar-refractivity contribution is 7.89. The van der Waals surface area contributed by atoms with Crippen molar-refractivity contribution in [2.24, 2.45) is 0 Å². The van der Waals surface area contributed by atoms with Gasteiger partial charge in [0.05, 0.1) is 26.2 Å². The molecule has 0 bridgehead atoms. The number of ether oxygens (including phenoxy) is 1. The SMILES string of the molecule is CN(C)S(=O)(=O)c1ccc(Cl)c(C(=O)OCC(=O)Nc2cc(Cl)ccc2Cl)c1. The highest BCUT2D eigenvalue weighted by Gasteiger charge is 2.22. The van der Waals surface area contributed by atoms with Crippen LogP contribution in [0.5, 0.6) is 0 Å². The second kappa shape index (κ2) is 9.11. The zero-order valence-corrected chi connectivity index (χ0v) is 17.8. The number of esters is 1. The van der Waals surface area contributed by atoms with Crippen LogP contribution in [-0.2, 0) is 19.6 Å². The number of benzene rings is 2. The fourth-order valence-electron chi connectivity index (χ4n) is 2.02. The number of halogens is 3. The largest absolute Gasteiger partial charge is 0.452 e. The van der Waals surface area contributed by atoms with Crippen LogP contribution < -0.4 is 5.32 Å². The number of rotatable bonds is 6. The average molecular weight is 466 g/mol. The van der Waals surface area contributed by atoms with Crippen LogP contribution in [0.2, 0.25) is 15.1 Å². The van der Waals surface area contributed by atoms with Gasteiger partial charge in [-0.25, -0.2) is 17.5 Å². The lowest BCUT2D eigenvalue weighted by Crippen LogP contribution is -2.23. The van der Waals surface area contributed by atoms with Gasteiger partial charge < -0.3 is 10.1 Å². The van der Waals surface area contributed by atoms with E-state index in [2.05, 4.69) is 5.32 Å². The number of amides is 1. The van der Waals surface area contributed by atoms with Crippen molar-refractivity contribution in [3.05, 3.63) is 57.0 Å². The Morgan fingerprint density at radius 3 is 2.32 bits per heavy atom. The van der Waals surface area contributed by atoms with Gasteiger partial charge in [0.15, 0.2) is 6.61 Å². The van der Waals surface area contributed by atoms with E-state index in [9.17, 15) is 18.0 Å². The van der Waals surface area contributed by atoms with Crippen LogP contribution in [-0.4, -0.2) is 45.3 Å². The molecular formula is C17H15Cl3N2O5S. The standard InChI is InChI=1S/C17H15Cl3N2O5S/c1-22(2)28(25,26)11-4-6-13(19)12(8-11)17(24)27-9-16(23)21-15-7-10(18)3-5-14(15)20/h3-8H,9H2,1-2H3,(H,21,23). The van der Waals surface area contributed by atoms with Gasteiger partial charge in [0.2, 0.25) is 10.0 Å². The first-order valence-corrected chi connectivity index (χ1v) is 10.2. The predicted octanol–water partition coefficient (Wildman–Crippen LogP) is 3.69. The molecule has 1 N–H and O–H groups in total. The third-order valence-corrected chi connectivity index (χ3v) is 6.18. The van der Waals surface area contributed by atoms with Crippen molar-refractivity contribution in [3.8, 4) is 0 Å². The van der Waals surface area contributed by atoms with E-state index >= 15 is 0 Å². The van der Waals surface area contributed by atoms with E-state index in [-0.39, 0.29) is 26.2 Å². The Hall–Kier alpha value is -1.84. The summed E-state index contributed by atoms with van der Waals surface area (Å²) < 4.78 is 30.3. The van der Waals surface area contributed by atoms with Gasteiger partial charge in [-0.2, -0.15) is 0 Å². The van der Waals surface area contributed by atoms with Crippen LogP contribution in [0.1, 0.15) is 10.4 Å². The summed E-state index contributed by atoms with van der Waals surface area (Å²) >= 11 is 17.7. The lowest BCUT2D eigenvalue weighted by atomic mass is 10.2. The Morgan fingerprint density at radius 2 is 1.68 bits per heavy atom. The average Bonchev–Trinajstić information content (AvgIpc) is 2.62. The molecule has 2 rings (SSSR count). The number of carbonyl (C=O) groups excluding carboxylic acids is 2. The highest BCUT2D eigenvalue weighted by Crippen LogP contribution is 2.26. The van der Waals surface area contributed by atoms with Crippen molar-refractivity contribution in [1.82, 2.24) is 4.31 Å². The monoisotopic (exact) mass is 464 g/mol. The van der Waals surface area contributed by atoms with E-state index in [0.29, 0.717) is 5.02 Å². The number of hydrogen-bond acceptors (Lipinski definition) is 5. The molecule has 11 heteroatoms. The molecule has 0 aliphatic rings. The zero-order valence-electron chi connectivity index (χ0n) is 14.7. The number of nitrogens with one attached hydrogen (secondary N) is 1. The minimum absolute atomic E-state index is 0.0130. The Kier molecular flexibility index (Phi) is 7.30. The lowest BCUT2D eigenvalue weighted by Gasteiger charge is -2.13. The van der Waals surface area contributed by atoms with Crippen LogP contribution in [0.25, 0.3) is 0 Å². The van der Waals surface area contributed by atoms with Crippen LogP contribution in [0, 0.1) is 0 Å². The maximum atomic E-state index is 12.3. The summed E-state index contributed by atoms with van der Waals surface area (Å²) in [6.07, 6.45) is 0. The molecule has 0 aromatic heterocycles. The van der Waals surface area contributed by atoms with Crippen molar-refractivity contribution < 1.29 is 22.7 Å². The van der Waals surface area contributed by atoms with Crippen molar-refractivity contribution in [3.63, 3.8) is 0 Å². The Morgan fingerprint density at radius 1 is 1.04 bits per heavy atom. The molecule has 0 spiro atoms. The first-order chi connectivity index (χ1) is 13.0. The van der Waals surface area contributed by atoms with Gasteiger partial charge in [0, 0.05) is 19.1 Å². The smallest absolute Gasteiger partial charge is 0.340 e. The van der Waals surface area contributed by atoms with Crippen molar-refractivity contribution in [2.75, 3.05) is 26.0 Å². The second-order valence-corrected chi connectivity index (χ2v) is 9.08. The molecule has 0 heterocycles. The second-order valence-electron chi connectivity index (χ2n) is 5.68. The maximum Gasteiger partial charge on any atom is 0.340 e. The fraction of sp³-hybridized carbons (Fsp3) is 0.176. The third-order valence-electron chi connectivity index (χ3n) is 3.47. The topological polar surface area (TPSA) is 92.8 Å². The normalized spacial score (nSPS) is 11.4. The molecule has 0 fully saturated rings. The summed E-state index contributed by atoms with van der Waals surface area (Å²) in [5.41, 5.74) is 0.0745. The van der Waals surface area contributed by atoms with E-state index in [1.54, 1.807) is 6.07 Å². The summed E-state index contributed by atoms with van der Waals surface area (Å²) in [5.74, 6) is -1.61. The van der Waals surface area contributed by atoms with Crippen molar-refractivity contribution >= 4 is 62.4 Å². The van der Waals surface area contributed by atoms with Crippen LogP contribution >= 0.6 is 34.8 Å². The molecule has 150 valence electrons. The molecule has 0 atom stereocenters. The highest BCUT2D eigenvalue weighted by atomic mass is 35.5. The van der Waals surface area contributed by atoms with Gasteiger partial charge in [-0.05, 0) is 36.4 Å². The van der Waals surface area contributed by atoms with E-state index < -0.39 is 28.5 Å². The maximum absolute atomic E-state index is 12.3. The minimum atomic E-state index is -3.77. The molecule has 0 radical (unpaired) electrons. The van der Waals surface area contributed by atoms with Crippen LogP contribution in [0.15, 0.2) is 41.3 Å². The molecule has 0 aliphatic heterocycles. The van der Waals surface area contributed by atoms with E-state index in [1.807, 2.05) is 0 Å². The lowest BCUT2D eigenvalue weighted by molar-refractivity contribution is -0.119. The van der Waals surface area contributed by atoms with Gasteiger partial charge in [-0.3, -0.25) is 4.79 Å². The summed E-state index contributed by atoms with van der Waals surface area (Å²) in [7, 11) is -1.06. The van der Waals surface area contributed by atoms with Gasteiger partial charge in [-0.15, -0.1) is 0 Å². The van der Waals surface area contributed by atoms with Gasteiger partial charge in [0.25, 0.3) is 5.91 Å². The van der Waals surface area contributed by atoms with E-state index in [4.69, 9.17) is 39.5 Å². The number of carbonyl (C=O) groups is 2. The predicted molar refractivity (Wildman–Crippen MR) is 108 cm³/mol. The van der Waals surface area contributed by atoms with Crippen LogP contribution in [0.4, 0.5) is 5.69 Å². The number of anilines is 1. The third kappa shape index (κ3) is 5.36. The van der Waals surface area contributed by atoms with Crippen molar-refractivity contribution in [2.45, 2.75) is 4.90 Å². The fourth-order valence-corrected chi connectivity index (χ4v) is 3.48. The summed E-state index contributed by atoms with van der Waals surface area (Å²) in [6.45, 7) is -0.636. The number of hydrogen-bond donors (Lipinski definition) is 1. The van der Waals surface area contributed by atoms with Crippen LogP contribution in [0.3, 0.4) is 0 Å². The molecule has 0 saturated heterocycles. The molecule has 2 aromatic carbocycles. The molecule has 7 nitrogen and oxygen atoms in total. The molecule has 2 aromatic rings. The summed E-state index contributed by atoms with van der Waals surface area (Å²) in [4.78, 5) is 24.1. The summed E-state index contributed by atoms with van der Waals surface area (Å²) in [6, 6.07) is 8.11. The Balaban J connectivity index is 2.11. The molecule has 28 heavy (non-hydrogen) atoms. The molecule has 0 aliphatic carbocycles. The first kappa shape index (κ1) is 22.4. The Labute approximate surface area is 177 Å². The molecular weight excluding hydrogens is 451 g/mol. The van der Waals surface area contributed by atoms with Gasteiger partial charge >= 0.3 is 5.97 Å². The first-order valence-electron chi connectivity index (χ1n) is 7.66. The molecule has 0 unspecified atom stereocenters. The number of nitrogens with zero attached hydrogens (tertiary/aromatic N) is 1. The molecule has 1 amide bonds. The van der Waals surface area contributed by atoms with Gasteiger partial charge in [-0.1, -0.05) is 34.8 Å². The van der Waals surface area contributed by atoms with Crippen molar-refractivity contribution in [1.29, 1.82) is 0 Å². The minimum Gasteiger partial charge on any atom is -0.452 e. The van der Waals surface area contributed by atoms with E-state index in [1.165, 1.54) is 38.4 Å². The van der Waals surface area contributed by atoms with E-state index in [0.717, 1.165) is 10.4 Å². The number of sulfonamides is 1. The molecule has 0 saturated carbocycles. The Bertz CT molecular complexity index is 1030. The summed E-state index contributed by atoms with van der Waals surface area (Å²) in [5, 5.41) is 3.06. The zero-order chi connectivity index (χ0) is 21.1. The van der Waals surface area contributed by atoms with Gasteiger partial charge in [0.1, 0.15) is 0 Å². The quantitative estimate of drug-likeness (QED) is 0.657.